The van der Waals surface area contributed by atoms with Gasteiger partial charge in [0, 0.05) is 6.20 Å². The first-order chi connectivity index (χ1) is 8.29. The summed E-state index contributed by atoms with van der Waals surface area (Å²) >= 11 is 0. The molecule has 0 aliphatic heterocycles. The zero-order valence-corrected chi connectivity index (χ0v) is 9.50. The Labute approximate surface area is 98.4 Å². The van der Waals surface area contributed by atoms with Gasteiger partial charge in [-0.2, -0.15) is 15.0 Å². The van der Waals surface area contributed by atoms with Crippen molar-refractivity contribution in [3.05, 3.63) is 18.5 Å². The highest BCUT2D eigenvalue weighted by molar-refractivity contribution is 5.70. The highest BCUT2D eigenvalue weighted by atomic mass is 16.5. The van der Waals surface area contributed by atoms with Crippen LogP contribution >= 0.6 is 0 Å². The van der Waals surface area contributed by atoms with Crippen molar-refractivity contribution in [2.75, 3.05) is 12.8 Å². The Morgan fingerprint density at radius 2 is 2.29 bits per heavy atom. The zero-order chi connectivity index (χ0) is 11.8. The fraction of sp³-hybridized carbons (Fsp3) is 0.364. The van der Waals surface area contributed by atoms with Gasteiger partial charge in [0.05, 0.1) is 25.0 Å². The van der Waals surface area contributed by atoms with E-state index in [0.29, 0.717) is 28.9 Å². The van der Waals surface area contributed by atoms with Crippen LogP contribution in [0.3, 0.4) is 0 Å². The number of nitrogen functional groups attached to an aromatic ring is 1. The molecule has 0 radical (unpaired) electrons. The van der Waals surface area contributed by atoms with Crippen LogP contribution < -0.4 is 10.5 Å². The van der Waals surface area contributed by atoms with Crippen LogP contribution in [0.25, 0.3) is 11.4 Å². The van der Waals surface area contributed by atoms with E-state index in [1.807, 2.05) is 0 Å². The topological polar surface area (TPSA) is 78.9 Å². The second-order valence-corrected chi connectivity index (χ2v) is 4.06. The average Bonchev–Trinajstić information content (AvgIpc) is 3.07. The van der Waals surface area contributed by atoms with Crippen molar-refractivity contribution in [2.24, 2.45) is 0 Å². The Balaban J connectivity index is 2.04. The van der Waals surface area contributed by atoms with Crippen molar-refractivity contribution in [1.29, 1.82) is 0 Å². The third-order valence-electron chi connectivity index (χ3n) is 2.76. The van der Waals surface area contributed by atoms with Crippen molar-refractivity contribution in [1.82, 2.24) is 20.0 Å². The minimum Gasteiger partial charge on any atom is -0.492 e. The van der Waals surface area contributed by atoms with Crippen LogP contribution in [0, 0.1) is 0 Å². The Morgan fingerprint density at radius 1 is 1.47 bits per heavy atom. The van der Waals surface area contributed by atoms with Gasteiger partial charge >= 0.3 is 0 Å². The average molecular weight is 231 g/mol. The van der Waals surface area contributed by atoms with Crippen molar-refractivity contribution in [3.8, 4) is 17.1 Å². The van der Waals surface area contributed by atoms with E-state index in [0.717, 1.165) is 12.8 Å². The van der Waals surface area contributed by atoms with Crippen LogP contribution in [0.2, 0.25) is 0 Å². The molecule has 1 aliphatic carbocycles. The summed E-state index contributed by atoms with van der Waals surface area (Å²) in [6, 6.07) is 2.16. The van der Waals surface area contributed by atoms with Crippen molar-refractivity contribution < 1.29 is 4.74 Å². The summed E-state index contributed by atoms with van der Waals surface area (Å²) in [4.78, 5) is 5.99. The number of nitrogens with zero attached hydrogens (tertiary/aromatic N) is 4. The second-order valence-electron chi connectivity index (χ2n) is 4.06. The fourth-order valence-corrected chi connectivity index (χ4v) is 1.73. The third kappa shape index (κ3) is 1.71. The molecule has 2 N–H and O–H groups in total. The van der Waals surface area contributed by atoms with Crippen LogP contribution in [0.5, 0.6) is 5.75 Å². The van der Waals surface area contributed by atoms with Crippen molar-refractivity contribution in [2.45, 2.75) is 18.9 Å². The molecule has 1 aliphatic rings. The van der Waals surface area contributed by atoms with Gasteiger partial charge < -0.3 is 10.5 Å². The van der Waals surface area contributed by atoms with Gasteiger partial charge in [-0.05, 0) is 18.9 Å². The molecule has 0 atom stereocenters. The van der Waals surface area contributed by atoms with Crippen LogP contribution in [0.1, 0.15) is 18.9 Å². The molecule has 6 heteroatoms. The molecule has 0 unspecified atom stereocenters. The fourth-order valence-electron chi connectivity index (χ4n) is 1.73. The summed E-state index contributed by atoms with van der Waals surface area (Å²) in [5.74, 6) is 0.551. The highest BCUT2D eigenvalue weighted by Crippen LogP contribution is 2.35. The monoisotopic (exact) mass is 231 g/mol. The van der Waals surface area contributed by atoms with E-state index in [2.05, 4.69) is 15.2 Å². The van der Waals surface area contributed by atoms with Gasteiger partial charge in [-0.3, -0.25) is 4.98 Å². The molecule has 0 amide bonds. The maximum Gasteiger partial charge on any atom is 0.169 e. The Morgan fingerprint density at radius 3 is 3.00 bits per heavy atom. The van der Waals surface area contributed by atoms with E-state index in [1.165, 1.54) is 0 Å². The summed E-state index contributed by atoms with van der Waals surface area (Å²) in [5, 5.41) is 8.63. The van der Waals surface area contributed by atoms with Crippen molar-refractivity contribution in [3.63, 3.8) is 0 Å². The normalized spacial score (nSPS) is 14.9. The number of ether oxygens (including phenoxy) is 1. The van der Waals surface area contributed by atoms with E-state index in [4.69, 9.17) is 10.5 Å². The molecular formula is C11H13N5O. The number of hydrogen-bond donors (Lipinski definition) is 1. The predicted molar refractivity (Wildman–Crippen MR) is 62.5 cm³/mol. The van der Waals surface area contributed by atoms with Gasteiger partial charge in [-0.15, -0.1) is 0 Å². The second kappa shape index (κ2) is 3.73. The lowest BCUT2D eigenvalue weighted by Gasteiger charge is -2.07. The van der Waals surface area contributed by atoms with Gasteiger partial charge in [0.1, 0.15) is 11.4 Å². The van der Waals surface area contributed by atoms with Gasteiger partial charge in [0.15, 0.2) is 5.75 Å². The lowest BCUT2D eigenvalue weighted by molar-refractivity contribution is 0.416. The first kappa shape index (κ1) is 10.1. The minimum atomic E-state index is 0.454. The zero-order valence-electron chi connectivity index (χ0n) is 9.50. The predicted octanol–water partition coefficient (Wildman–Crippen LogP) is 1.27. The number of anilines is 1. The molecule has 0 saturated heterocycles. The van der Waals surface area contributed by atoms with Gasteiger partial charge in [0.2, 0.25) is 0 Å². The molecule has 2 aromatic heterocycles. The summed E-state index contributed by atoms with van der Waals surface area (Å²) in [6.07, 6.45) is 5.64. The molecule has 3 rings (SSSR count). The molecule has 17 heavy (non-hydrogen) atoms. The van der Waals surface area contributed by atoms with E-state index >= 15 is 0 Å². The third-order valence-corrected chi connectivity index (χ3v) is 2.76. The molecule has 0 aromatic carbocycles. The van der Waals surface area contributed by atoms with Crippen LogP contribution in [0.15, 0.2) is 18.5 Å². The smallest absolute Gasteiger partial charge is 0.169 e. The summed E-state index contributed by atoms with van der Waals surface area (Å²) in [7, 11) is 1.57. The number of aromatic nitrogens is 4. The van der Waals surface area contributed by atoms with Gasteiger partial charge in [-0.25, -0.2) is 0 Å². The lowest BCUT2D eigenvalue weighted by Crippen LogP contribution is -2.00. The standard InChI is InChI=1S/C11H13N5O/c1-17-11-8(12)4-5-13-10(11)9-6-14-16(15-9)7-2-3-7/h4-7H,2-3H2,1H3,(H2,12,13). The molecule has 0 bridgehead atoms. The van der Waals surface area contributed by atoms with Crippen LogP contribution in [-0.2, 0) is 0 Å². The Bertz CT molecular complexity index is 547. The highest BCUT2D eigenvalue weighted by Gasteiger charge is 2.26. The van der Waals surface area contributed by atoms with Gasteiger partial charge in [-0.1, -0.05) is 0 Å². The number of nitrogens with two attached hydrogens (primary N) is 1. The van der Waals surface area contributed by atoms with Crippen LogP contribution in [0.4, 0.5) is 5.69 Å². The molecule has 6 nitrogen and oxygen atoms in total. The lowest BCUT2D eigenvalue weighted by atomic mass is 10.2. The van der Waals surface area contributed by atoms with E-state index in [9.17, 15) is 0 Å². The van der Waals surface area contributed by atoms with E-state index in [1.54, 1.807) is 30.4 Å². The molecule has 88 valence electrons. The largest absolute Gasteiger partial charge is 0.492 e. The van der Waals surface area contributed by atoms with Crippen molar-refractivity contribution >= 4 is 5.69 Å². The first-order valence-corrected chi connectivity index (χ1v) is 5.50. The maximum atomic E-state index is 5.83. The molecule has 0 spiro atoms. The Kier molecular flexibility index (Phi) is 2.21. The van der Waals surface area contributed by atoms with Gasteiger partial charge in [0.25, 0.3) is 0 Å². The summed E-state index contributed by atoms with van der Waals surface area (Å²) in [6.45, 7) is 0. The maximum absolute atomic E-state index is 5.83. The number of rotatable bonds is 3. The Hall–Kier alpha value is -2.11. The number of methoxy groups -OCH3 is 1. The number of pyridine rings is 1. The minimum absolute atomic E-state index is 0.454. The quantitative estimate of drug-likeness (QED) is 0.860. The van der Waals surface area contributed by atoms with E-state index in [-0.39, 0.29) is 0 Å². The summed E-state index contributed by atoms with van der Waals surface area (Å²) in [5.41, 5.74) is 7.72. The molecular weight excluding hydrogens is 218 g/mol. The summed E-state index contributed by atoms with van der Waals surface area (Å²) < 4.78 is 5.25. The molecule has 2 aromatic rings. The number of hydrogen-bond acceptors (Lipinski definition) is 5. The molecule has 1 saturated carbocycles. The first-order valence-electron chi connectivity index (χ1n) is 5.50. The molecule has 1 fully saturated rings. The molecule has 2 heterocycles. The van der Waals surface area contributed by atoms with Crippen LogP contribution in [-0.4, -0.2) is 27.1 Å². The van der Waals surface area contributed by atoms with E-state index < -0.39 is 0 Å². The SMILES string of the molecule is COc1c(N)ccnc1-c1cnn(C2CC2)n1.